The summed E-state index contributed by atoms with van der Waals surface area (Å²) < 4.78 is 3.93. The minimum absolute atomic E-state index is 0.152. The number of carbonyl (C=O) groups is 1. The van der Waals surface area contributed by atoms with E-state index >= 15 is 0 Å². The zero-order chi connectivity index (χ0) is 30.5. The van der Waals surface area contributed by atoms with Crippen molar-refractivity contribution in [3.05, 3.63) is 102 Å². The second kappa shape index (κ2) is 16.3. The van der Waals surface area contributed by atoms with Crippen molar-refractivity contribution >= 4 is 17.2 Å². The van der Waals surface area contributed by atoms with E-state index < -0.39 is 0 Å². The van der Waals surface area contributed by atoms with Crippen LogP contribution in [0.2, 0.25) is 0 Å². The van der Waals surface area contributed by atoms with E-state index in [1.807, 2.05) is 34.0 Å². The lowest BCUT2D eigenvalue weighted by molar-refractivity contribution is -0.131. The molecule has 3 aromatic heterocycles. The Morgan fingerprint density at radius 2 is 2.00 bits per heavy atom. The molecule has 9 nitrogen and oxygen atoms in total. The van der Waals surface area contributed by atoms with Crippen molar-refractivity contribution in [2.45, 2.75) is 58.9 Å². The molecule has 5 rings (SSSR count). The summed E-state index contributed by atoms with van der Waals surface area (Å²) in [5, 5.41) is 12.0. The number of anilines is 1. The number of amides is 1. The first-order chi connectivity index (χ1) is 20.4. The largest absolute Gasteiger partial charge is 0.382 e. The number of carbonyl (C=O) groups excluding carboxylic acids is 1. The predicted molar refractivity (Wildman–Crippen MR) is 172 cm³/mol. The van der Waals surface area contributed by atoms with Gasteiger partial charge in [-0.2, -0.15) is 10.2 Å². The Kier molecular flexibility index (Phi) is 12.5. The van der Waals surface area contributed by atoms with Gasteiger partial charge in [-0.25, -0.2) is 9.50 Å². The number of likely N-dealkylation sites (N-methyl/N-ethyl adjacent to an activating group) is 1. The summed E-state index contributed by atoms with van der Waals surface area (Å²) in [6.45, 7) is 15.0. The number of rotatable bonds is 8. The Hall–Kier alpha value is -4.24. The Morgan fingerprint density at radius 1 is 1.24 bits per heavy atom. The molecule has 1 atom stereocenters. The molecule has 4 aromatic rings. The van der Waals surface area contributed by atoms with Crippen LogP contribution in [0.4, 0.5) is 5.82 Å². The van der Waals surface area contributed by atoms with Crippen LogP contribution in [0.15, 0.2) is 74.2 Å². The van der Waals surface area contributed by atoms with Crippen molar-refractivity contribution in [3.63, 3.8) is 0 Å². The average molecular weight is 571 g/mol. The molecule has 3 N–H and O–H groups in total. The molecule has 0 aliphatic carbocycles. The van der Waals surface area contributed by atoms with Gasteiger partial charge in [0.1, 0.15) is 11.8 Å². The van der Waals surface area contributed by atoms with E-state index in [2.05, 4.69) is 89.3 Å². The number of aryl methyl sites for hydroxylation is 2. The number of fused-ring (bicyclic) bond motifs is 1. The molecule has 1 fully saturated rings. The van der Waals surface area contributed by atoms with Crippen LogP contribution < -0.4 is 11.1 Å². The quantitative estimate of drug-likeness (QED) is 0.290. The Balaban J connectivity index is 0.000000222. The lowest BCUT2D eigenvalue weighted by Crippen LogP contribution is -2.43. The number of allylic oxidation sites excluding steroid dienone is 2. The zero-order valence-electron chi connectivity index (χ0n) is 25.6. The van der Waals surface area contributed by atoms with Crippen molar-refractivity contribution in [3.8, 4) is 0 Å². The van der Waals surface area contributed by atoms with Crippen molar-refractivity contribution in [2.75, 3.05) is 32.4 Å². The summed E-state index contributed by atoms with van der Waals surface area (Å²) in [5.41, 5.74) is 12.9. The monoisotopic (exact) mass is 570 g/mol. The molecule has 1 aromatic carbocycles. The van der Waals surface area contributed by atoms with Crippen LogP contribution in [0, 0.1) is 6.92 Å². The predicted octanol–water partition coefficient (Wildman–Crippen LogP) is 4.96. The molecule has 1 aliphatic heterocycles. The van der Waals surface area contributed by atoms with Crippen molar-refractivity contribution < 1.29 is 4.79 Å². The highest BCUT2D eigenvalue weighted by Crippen LogP contribution is 2.30. The number of hydrogen-bond donors (Lipinski definition) is 2. The molecule has 1 unspecified atom stereocenters. The third-order valence-electron chi connectivity index (χ3n) is 7.36. The number of aromatic nitrogens is 5. The number of nitrogen functional groups attached to an aromatic ring is 1. The van der Waals surface area contributed by atoms with Crippen LogP contribution in [0.3, 0.4) is 0 Å². The second-order valence-electron chi connectivity index (χ2n) is 10.3. The first kappa shape index (κ1) is 32.3. The van der Waals surface area contributed by atoms with Gasteiger partial charge in [0.2, 0.25) is 5.91 Å². The van der Waals surface area contributed by atoms with E-state index in [1.54, 1.807) is 7.05 Å². The highest BCUT2D eigenvalue weighted by molar-refractivity contribution is 5.78. The fourth-order valence-corrected chi connectivity index (χ4v) is 5.33. The fraction of sp³-hybridized carbons (Fsp3) is 0.394. The molecule has 1 saturated heterocycles. The first-order valence-electron chi connectivity index (χ1n) is 14.7. The maximum absolute atomic E-state index is 12.1. The summed E-state index contributed by atoms with van der Waals surface area (Å²) in [4.78, 5) is 18.1. The Bertz CT molecular complexity index is 1440. The Labute approximate surface area is 250 Å². The number of nitrogens with zero attached hydrogens (tertiary/aromatic N) is 6. The SMILES string of the molecule is C/C=C\Cc1nn(Cc2ccccc2)cc1CC.C=C.CNCC(=O)N1CCCC(c2cc(C)c3c(N)ncnn23)C1. The molecule has 0 bridgehead atoms. The van der Waals surface area contributed by atoms with Crippen LogP contribution in [0.1, 0.15) is 60.7 Å². The van der Waals surface area contributed by atoms with Crippen molar-refractivity contribution in [2.24, 2.45) is 0 Å². The molecule has 4 heterocycles. The molecule has 1 aliphatic rings. The third kappa shape index (κ3) is 8.16. The number of nitrogens with two attached hydrogens (primary N) is 1. The molecule has 224 valence electrons. The van der Waals surface area contributed by atoms with E-state index in [9.17, 15) is 4.79 Å². The topological polar surface area (TPSA) is 106 Å². The van der Waals surface area contributed by atoms with E-state index in [4.69, 9.17) is 5.73 Å². The molecule has 42 heavy (non-hydrogen) atoms. The highest BCUT2D eigenvalue weighted by atomic mass is 16.2. The van der Waals surface area contributed by atoms with Crippen molar-refractivity contribution in [1.29, 1.82) is 0 Å². The lowest BCUT2D eigenvalue weighted by Gasteiger charge is -2.32. The highest BCUT2D eigenvalue weighted by Gasteiger charge is 2.27. The minimum atomic E-state index is 0.152. The van der Waals surface area contributed by atoms with Crippen LogP contribution in [0.25, 0.3) is 5.52 Å². The first-order valence-corrected chi connectivity index (χ1v) is 14.7. The van der Waals surface area contributed by atoms with Crippen molar-refractivity contribution in [1.82, 2.24) is 34.6 Å². The number of hydrogen-bond acceptors (Lipinski definition) is 6. The van der Waals surface area contributed by atoms with Gasteiger partial charge in [0.15, 0.2) is 5.82 Å². The number of likely N-dealkylation sites (tertiary alicyclic amines) is 1. The maximum Gasteiger partial charge on any atom is 0.236 e. The fourth-order valence-electron chi connectivity index (χ4n) is 5.33. The van der Waals surface area contributed by atoms with Gasteiger partial charge >= 0.3 is 0 Å². The van der Waals surface area contributed by atoms with Gasteiger partial charge in [-0.15, -0.1) is 13.2 Å². The maximum atomic E-state index is 12.1. The summed E-state index contributed by atoms with van der Waals surface area (Å²) in [7, 11) is 1.79. The van der Waals surface area contributed by atoms with E-state index in [0.717, 1.165) is 62.1 Å². The molecule has 9 heteroatoms. The van der Waals surface area contributed by atoms with E-state index in [1.165, 1.54) is 23.1 Å². The van der Waals surface area contributed by atoms with Crippen LogP contribution in [-0.2, 0) is 24.2 Å². The average Bonchev–Trinajstić information content (AvgIpc) is 3.58. The smallest absolute Gasteiger partial charge is 0.236 e. The minimum Gasteiger partial charge on any atom is -0.382 e. The number of benzene rings is 1. The van der Waals surface area contributed by atoms with Gasteiger partial charge in [0.05, 0.1) is 18.8 Å². The summed E-state index contributed by atoms with van der Waals surface area (Å²) in [5.74, 6) is 0.932. The van der Waals surface area contributed by atoms with E-state index in [0.29, 0.717) is 12.4 Å². The van der Waals surface area contributed by atoms with E-state index in [-0.39, 0.29) is 11.8 Å². The van der Waals surface area contributed by atoms with Crippen LogP contribution in [-0.4, -0.2) is 61.9 Å². The normalized spacial score (nSPS) is 14.8. The van der Waals surface area contributed by atoms with Gasteiger partial charge < -0.3 is 16.0 Å². The summed E-state index contributed by atoms with van der Waals surface area (Å²) in [6.07, 6.45) is 11.9. The lowest BCUT2D eigenvalue weighted by atomic mass is 9.94. The summed E-state index contributed by atoms with van der Waals surface area (Å²) in [6, 6.07) is 12.6. The van der Waals surface area contributed by atoms with Gasteiger partial charge in [-0.1, -0.05) is 49.4 Å². The van der Waals surface area contributed by atoms with Crippen LogP contribution >= 0.6 is 0 Å². The molecule has 1 amide bonds. The van der Waals surface area contributed by atoms with Gasteiger partial charge in [-0.3, -0.25) is 9.48 Å². The zero-order valence-corrected chi connectivity index (χ0v) is 25.6. The standard InChI is InChI=1S/C16H20N2.C15H22N6O.C2H4/c1-3-5-11-16-15(4-2)13-18(17-16)12-14-9-7-6-8-10-14;1-10-6-12(21-14(10)15(16)18-9-19-21)11-4-3-5-20(8-11)13(22)7-17-2;1-2/h3,5-10,13H,4,11-12H2,1-2H3;6,9,11,17H,3-5,7-8H2,1-2H3,(H2,16,18,19);1-2H2/b5-3-;;. The number of piperidine rings is 1. The van der Waals surface area contributed by atoms with Gasteiger partial charge in [0.25, 0.3) is 0 Å². The molecular weight excluding hydrogens is 524 g/mol. The molecular formula is C33H46N8O. The van der Waals surface area contributed by atoms with Gasteiger partial charge in [0, 0.05) is 37.3 Å². The molecule has 0 spiro atoms. The molecule has 0 saturated carbocycles. The Morgan fingerprint density at radius 3 is 2.69 bits per heavy atom. The summed E-state index contributed by atoms with van der Waals surface area (Å²) >= 11 is 0. The number of nitrogens with one attached hydrogen (secondary N) is 1. The van der Waals surface area contributed by atoms with Crippen LogP contribution in [0.5, 0.6) is 0 Å². The third-order valence-corrected chi connectivity index (χ3v) is 7.36. The molecule has 0 radical (unpaired) electrons. The second-order valence-corrected chi connectivity index (χ2v) is 10.3. The van der Waals surface area contributed by atoms with Gasteiger partial charge in [-0.05, 0) is 62.9 Å².